The van der Waals surface area contributed by atoms with Crippen molar-refractivity contribution in [1.82, 2.24) is 10.2 Å². The average molecular weight is 449 g/mol. The third kappa shape index (κ3) is 5.12. The van der Waals surface area contributed by atoms with Crippen molar-refractivity contribution in [2.45, 2.75) is 38.8 Å². The predicted molar refractivity (Wildman–Crippen MR) is 115 cm³/mol. The normalized spacial score (nSPS) is 14.5. The molecule has 3 rings (SSSR count). The van der Waals surface area contributed by atoms with E-state index in [4.69, 9.17) is 27.9 Å². The van der Waals surface area contributed by atoms with Gasteiger partial charge in [0.25, 0.3) is 11.8 Å². The molecule has 30 heavy (non-hydrogen) atoms. The van der Waals surface area contributed by atoms with Crippen LogP contribution in [0.3, 0.4) is 0 Å². The number of halogens is 2. The zero-order valence-corrected chi connectivity index (χ0v) is 18.4. The van der Waals surface area contributed by atoms with E-state index in [1.54, 1.807) is 63.2 Å². The standard InChI is InChI=1S/C22H22Cl2N2O4/c1-22(2,3)30-21(29)25-15(10-13-8-9-14(23)11-18(13)24)12-26-19(27)16-6-4-5-7-17(16)20(26)28/h4-9,11,15H,10,12H2,1-3H3,(H,25,29)/t15-/m0/s1. The second-order valence-corrected chi connectivity index (χ2v) is 8.89. The Morgan fingerprint density at radius 3 is 2.20 bits per heavy atom. The molecule has 0 bridgehead atoms. The van der Waals surface area contributed by atoms with Crippen LogP contribution in [0.25, 0.3) is 0 Å². The second kappa shape index (κ2) is 8.66. The zero-order chi connectivity index (χ0) is 22.1. The fraction of sp³-hybridized carbons (Fsp3) is 0.318. The number of hydrogen-bond acceptors (Lipinski definition) is 4. The molecule has 6 nitrogen and oxygen atoms in total. The first-order chi connectivity index (χ1) is 14.0. The Balaban J connectivity index is 1.83. The maximum atomic E-state index is 12.7. The SMILES string of the molecule is CC(C)(C)OC(=O)N[C@@H](Cc1ccc(Cl)cc1Cl)CN1C(=O)c2ccccc2C1=O. The van der Waals surface area contributed by atoms with Gasteiger partial charge < -0.3 is 10.1 Å². The number of alkyl carbamates (subject to hydrolysis) is 1. The van der Waals surface area contributed by atoms with E-state index in [2.05, 4.69) is 5.32 Å². The minimum atomic E-state index is -0.692. The fourth-order valence-electron chi connectivity index (χ4n) is 3.21. The molecule has 1 aliphatic heterocycles. The van der Waals surface area contributed by atoms with E-state index in [1.165, 1.54) is 0 Å². The van der Waals surface area contributed by atoms with Crippen LogP contribution in [0.2, 0.25) is 10.0 Å². The summed E-state index contributed by atoms with van der Waals surface area (Å²) < 4.78 is 5.34. The lowest BCUT2D eigenvalue weighted by molar-refractivity contribution is 0.0468. The molecule has 2 aromatic rings. The largest absolute Gasteiger partial charge is 0.444 e. The number of ether oxygens (including phenoxy) is 1. The van der Waals surface area contributed by atoms with Gasteiger partial charge in [-0.05, 0) is 57.0 Å². The van der Waals surface area contributed by atoms with E-state index in [0.717, 1.165) is 10.5 Å². The minimum Gasteiger partial charge on any atom is -0.444 e. The van der Waals surface area contributed by atoms with E-state index in [-0.39, 0.29) is 13.0 Å². The number of nitrogens with one attached hydrogen (secondary N) is 1. The highest BCUT2D eigenvalue weighted by Gasteiger charge is 2.37. The van der Waals surface area contributed by atoms with E-state index in [9.17, 15) is 14.4 Å². The predicted octanol–water partition coefficient (Wildman–Crippen LogP) is 4.73. The molecule has 8 heteroatoms. The molecule has 0 radical (unpaired) electrons. The summed E-state index contributed by atoms with van der Waals surface area (Å²) in [5.74, 6) is -0.789. The van der Waals surface area contributed by atoms with Crippen LogP contribution in [-0.4, -0.2) is 41.0 Å². The summed E-state index contributed by atoms with van der Waals surface area (Å²) in [4.78, 5) is 39.0. The lowest BCUT2D eigenvalue weighted by atomic mass is 10.1. The Kier molecular flexibility index (Phi) is 6.38. The number of benzene rings is 2. The van der Waals surface area contributed by atoms with Crippen molar-refractivity contribution in [1.29, 1.82) is 0 Å². The zero-order valence-electron chi connectivity index (χ0n) is 16.9. The van der Waals surface area contributed by atoms with Crippen LogP contribution in [0.15, 0.2) is 42.5 Å². The smallest absolute Gasteiger partial charge is 0.407 e. The molecule has 1 atom stereocenters. The number of hydrogen-bond donors (Lipinski definition) is 1. The van der Waals surface area contributed by atoms with Gasteiger partial charge in [0.15, 0.2) is 0 Å². The maximum Gasteiger partial charge on any atom is 0.407 e. The minimum absolute atomic E-state index is 0.0233. The van der Waals surface area contributed by atoms with Gasteiger partial charge >= 0.3 is 6.09 Å². The first-order valence-corrected chi connectivity index (χ1v) is 10.2. The summed E-state index contributed by atoms with van der Waals surface area (Å²) in [6, 6.07) is 11.1. The summed E-state index contributed by atoms with van der Waals surface area (Å²) in [6.45, 7) is 5.23. The van der Waals surface area contributed by atoms with Gasteiger partial charge in [-0.1, -0.05) is 41.4 Å². The summed E-state index contributed by atoms with van der Waals surface area (Å²) in [5, 5.41) is 3.68. The van der Waals surface area contributed by atoms with Crippen molar-refractivity contribution < 1.29 is 19.1 Å². The molecule has 0 spiro atoms. The summed E-state index contributed by atoms with van der Waals surface area (Å²) >= 11 is 12.3. The highest BCUT2D eigenvalue weighted by molar-refractivity contribution is 6.35. The Morgan fingerprint density at radius 1 is 1.07 bits per heavy atom. The highest BCUT2D eigenvalue weighted by Crippen LogP contribution is 2.25. The van der Waals surface area contributed by atoms with Crippen molar-refractivity contribution in [2.75, 3.05) is 6.54 Å². The van der Waals surface area contributed by atoms with Crippen molar-refractivity contribution in [3.63, 3.8) is 0 Å². The van der Waals surface area contributed by atoms with E-state index >= 15 is 0 Å². The molecule has 0 aliphatic carbocycles. The fourth-order valence-corrected chi connectivity index (χ4v) is 3.70. The van der Waals surface area contributed by atoms with Crippen LogP contribution in [0.4, 0.5) is 4.79 Å². The van der Waals surface area contributed by atoms with Crippen LogP contribution < -0.4 is 5.32 Å². The molecule has 158 valence electrons. The number of fused-ring (bicyclic) bond motifs is 1. The number of carbonyl (C=O) groups excluding carboxylic acids is 3. The summed E-state index contributed by atoms with van der Waals surface area (Å²) in [5.41, 5.74) is 0.729. The molecule has 2 aromatic carbocycles. The van der Waals surface area contributed by atoms with Gasteiger partial charge in [-0.2, -0.15) is 0 Å². The van der Waals surface area contributed by atoms with Gasteiger partial charge in [0, 0.05) is 10.0 Å². The average Bonchev–Trinajstić information content (AvgIpc) is 2.87. The molecule has 0 saturated carbocycles. The second-order valence-electron chi connectivity index (χ2n) is 8.05. The van der Waals surface area contributed by atoms with E-state index in [0.29, 0.717) is 21.2 Å². The van der Waals surface area contributed by atoms with Crippen molar-refractivity contribution in [3.05, 3.63) is 69.2 Å². The quantitative estimate of drug-likeness (QED) is 0.670. The van der Waals surface area contributed by atoms with Crippen LogP contribution in [0, 0.1) is 0 Å². The molecule has 1 aliphatic rings. The number of amides is 3. The lowest BCUT2D eigenvalue weighted by Crippen LogP contribution is -2.48. The third-order valence-electron chi connectivity index (χ3n) is 4.48. The Hall–Kier alpha value is -2.57. The monoisotopic (exact) mass is 448 g/mol. The van der Waals surface area contributed by atoms with Crippen LogP contribution >= 0.6 is 23.2 Å². The van der Waals surface area contributed by atoms with Gasteiger partial charge in [0.2, 0.25) is 0 Å². The molecular weight excluding hydrogens is 427 g/mol. The van der Waals surface area contributed by atoms with Crippen LogP contribution in [0.1, 0.15) is 47.1 Å². The molecule has 3 amide bonds. The van der Waals surface area contributed by atoms with Gasteiger partial charge in [-0.15, -0.1) is 0 Å². The lowest BCUT2D eigenvalue weighted by Gasteiger charge is -2.26. The summed E-state index contributed by atoms with van der Waals surface area (Å²) in [7, 11) is 0. The van der Waals surface area contributed by atoms with Crippen molar-refractivity contribution in [2.24, 2.45) is 0 Å². The van der Waals surface area contributed by atoms with Gasteiger partial charge in [-0.25, -0.2) is 4.79 Å². The molecule has 0 saturated heterocycles. The van der Waals surface area contributed by atoms with Crippen LogP contribution in [0.5, 0.6) is 0 Å². The Labute approximate surface area is 185 Å². The first kappa shape index (κ1) is 22.1. The molecule has 1 heterocycles. The molecule has 0 aromatic heterocycles. The van der Waals surface area contributed by atoms with Crippen molar-refractivity contribution in [3.8, 4) is 0 Å². The number of rotatable bonds is 5. The highest BCUT2D eigenvalue weighted by atomic mass is 35.5. The topological polar surface area (TPSA) is 75.7 Å². The first-order valence-electron chi connectivity index (χ1n) is 9.44. The maximum absolute atomic E-state index is 12.7. The van der Waals surface area contributed by atoms with Crippen molar-refractivity contribution >= 4 is 41.1 Å². The number of carbonyl (C=O) groups is 3. The van der Waals surface area contributed by atoms with Gasteiger partial charge in [0.05, 0.1) is 23.7 Å². The molecule has 0 fully saturated rings. The number of imide groups is 1. The summed E-state index contributed by atoms with van der Waals surface area (Å²) in [6.07, 6.45) is -0.364. The van der Waals surface area contributed by atoms with E-state index in [1.807, 2.05) is 0 Å². The van der Waals surface area contributed by atoms with Gasteiger partial charge in [-0.3, -0.25) is 14.5 Å². The van der Waals surface area contributed by atoms with Crippen LogP contribution in [-0.2, 0) is 11.2 Å². The number of nitrogens with zero attached hydrogens (tertiary/aromatic N) is 1. The van der Waals surface area contributed by atoms with Gasteiger partial charge in [0.1, 0.15) is 5.60 Å². The van der Waals surface area contributed by atoms with E-state index < -0.39 is 29.6 Å². The Bertz CT molecular complexity index is 966. The molecule has 1 N–H and O–H groups in total. The molecular formula is C22H22Cl2N2O4. The third-order valence-corrected chi connectivity index (χ3v) is 5.07. The molecule has 0 unspecified atom stereocenters. The Morgan fingerprint density at radius 2 is 1.67 bits per heavy atom.